The van der Waals surface area contributed by atoms with Gasteiger partial charge < -0.3 is 25.4 Å². The van der Waals surface area contributed by atoms with Crippen molar-refractivity contribution >= 4 is 23.9 Å². The second-order valence-electron chi connectivity index (χ2n) is 9.82. The van der Waals surface area contributed by atoms with Gasteiger partial charge in [0.25, 0.3) is 5.91 Å². The average molecular weight is 545 g/mol. The fourth-order valence-corrected chi connectivity index (χ4v) is 4.10. The summed E-state index contributed by atoms with van der Waals surface area (Å²) in [5.74, 6) is 4.76. The van der Waals surface area contributed by atoms with Crippen LogP contribution in [0.5, 0.6) is 0 Å². The number of morpholine rings is 1. The lowest BCUT2D eigenvalue weighted by molar-refractivity contribution is -0.142. The zero-order chi connectivity index (χ0) is 28.2. The molecule has 1 saturated heterocycles. The van der Waals surface area contributed by atoms with Crippen LogP contribution in [0.1, 0.15) is 39.9 Å². The van der Waals surface area contributed by atoms with E-state index in [1.54, 1.807) is 30.3 Å². The lowest BCUT2D eigenvalue weighted by Gasteiger charge is -2.26. The molecule has 1 saturated carbocycles. The van der Waals surface area contributed by atoms with E-state index in [0.717, 1.165) is 56.8 Å². The maximum Gasteiger partial charge on any atom is 0.330 e. The molecule has 0 unspecified atom stereocenters. The van der Waals surface area contributed by atoms with Crippen LogP contribution in [-0.2, 0) is 25.6 Å². The van der Waals surface area contributed by atoms with Crippen molar-refractivity contribution in [1.82, 2.24) is 20.9 Å². The van der Waals surface area contributed by atoms with Crippen LogP contribution in [0, 0.1) is 11.8 Å². The quantitative estimate of drug-likeness (QED) is 0.292. The number of carbonyl (C=O) groups excluding carboxylic acids is 3. The van der Waals surface area contributed by atoms with Crippen molar-refractivity contribution in [3.8, 4) is 11.8 Å². The first-order chi connectivity index (χ1) is 19.5. The lowest BCUT2D eigenvalue weighted by Crippen LogP contribution is -2.50. The van der Waals surface area contributed by atoms with Crippen molar-refractivity contribution in [3.63, 3.8) is 0 Å². The van der Waals surface area contributed by atoms with E-state index in [4.69, 9.17) is 9.47 Å². The van der Waals surface area contributed by atoms with Gasteiger partial charge >= 0.3 is 5.97 Å². The van der Waals surface area contributed by atoms with E-state index >= 15 is 0 Å². The Bertz CT molecular complexity index is 1240. The number of methoxy groups -OCH3 is 1. The largest absolute Gasteiger partial charge is 0.467 e. The summed E-state index contributed by atoms with van der Waals surface area (Å²) in [7, 11) is 1.24. The summed E-state index contributed by atoms with van der Waals surface area (Å²) in [4.78, 5) is 39.2. The maximum atomic E-state index is 12.7. The van der Waals surface area contributed by atoms with Crippen LogP contribution in [0.25, 0.3) is 6.08 Å². The van der Waals surface area contributed by atoms with Gasteiger partial charge in [-0.1, -0.05) is 36.1 Å². The number of allylic oxidation sites excluding steroid dienone is 1. The number of carbonyl (C=O) groups is 3. The molecule has 2 fully saturated rings. The van der Waals surface area contributed by atoms with Gasteiger partial charge in [0.05, 0.1) is 26.9 Å². The molecule has 1 aliphatic carbocycles. The van der Waals surface area contributed by atoms with Crippen LogP contribution >= 0.6 is 0 Å². The zero-order valence-corrected chi connectivity index (χ0v) is 22.8. The molecule has 0 bridgehead atoms. The average Bonchev–Trinajstić information content (AvgIpc) is 3.82. The van der Waals surface area contributed by atoms with Crippen molar-refractivity contribution in [2.75, 3.05) is 46.5 Å². The summed E-state index contributed by atoms with van der Waals surface area (Å²) >= 11 is 0. The minimum absolute atomic E-state index is 0.0594. The number of esters is 1. The highest BCUT2D eigenvalue weighted by Gasteiger charge is 2.24. The molecule has 2 amide bonds. The van der Waals surface area contributed by atoms with E-state index in [2.05, 4.69) is 57.0 Å². The van der Waals surface area contributed by atoms with E-state index < -0.39 is 17.9 Å². The van der Waals surface area contributed by atoms with Crippen molar-refractivity contribution in [2.24, 2.45) is 0 Å². The fraction of sp³-hybridized carbons (Fsp3) is 0.387. The van der Waals surface area contributed by atoms with Crippen LogP contribution in [-0.4, -0.2) is 81.3 Å². The summed E-state index contributed by atoms with van der Waals surface area (Å²) in [6.45, 7) is 4.57. The number of nitrogens with zero attached hydrogens (tertiary/aromatic N) is 1. The second kappa shape index (κ2) is 15.0. The monoisotopic (exact) mass is 544 g/mol. The lowest BCUT2D eigenvalue weighted by atomic mass is 10.1. The van der Waals surface area contributed by atoms with Crippen LogP contribution in [0.15, 0.2) is 54.6 Å². The predicted octanol–water partition coefficient (Wildman–Crippen LogP) is 1.72. The number of hydrogen-bond donors (Lipinski definition) is 3. The molecule has 4 rings (SSSR count). The summed E-state index contributed by atoms with van der Waals surface area (Å²) < 4.78 is 10.2. The number of benzene rings is 2. The highest BCUT2D eigenvalue weighted by molar-refractivity contribution is 5.97. The molecule has 0 spiro atoms. The van der Waals surface area contributed by atoms with Crippen molar-refractivity contribution in [2.45, 2.75) is 31.5 Å². The normalized spacial score (nSPS) is 16.0. The SMILES string of the molecule is COC(=O)[C@H](CNC(=O)CNC1CC1)NC(=O)c1ccc(C#CC=Cc2ccc(CN3CCOCC3)cc2)cc1. The summed E-state index contributed by atoms with van der Waals surface area (Å²) in [6, 6.07) is 14.6. The third kappa shape index (κ3) is 9.65. The number of hydrogen-bond acceptors (Lipinski definition) is 7. The van der Waals surface area contributed by atoms with Gasteiger partial charge in [0, 0.05) is 43.3 Å². The van der Waals surface area contributed by atoms with Gasteiger partial charge in [-0.2, -0.15) is 0 Å². The first kappa shape index (κ1) is 29.0. The van der Waals surface area contributed by atoms with Crippen molar-refractivity contribution in [3.05, 3.63) is 76.9 Å². The Morgan fingerprint density at radius 3 is 2.48 bits per heavy atom. The Hall–Kier alpha value is -3.97. The molecule has 1 atom stereocenters. The van der Waals surface area contributed by atoms with Gasteiger partial charge in [0.2, 0.25) is 5.91 Å². The van der Waals surface area contributed by atoms with E-state index in [-0.39, 0.29) is 19.0 Å². The number of nitrogens with one attached hydrogen (secondary N) is 3. The van der Waals surface area contributed by atoms with Gasteiger partial charge in [0.15, 0.2) is 0 Å². The third-order valence-electron chi connectivity index (χ3n) is 6.64. The minimum Gasteiger partial charge on any atom is -0.467 e. The first-order valence-corrected chi connectivity index (χ1v) is 13.6. The molecular formula is C31H36N4O5. The highest BCUT2D eigenvalue weighted by atomic mass is 16.5. The molecule has 40 heavy (non-hydrogen) atoms. The van der Waals surface area contributed by atoms with Gasteiger partial charge in [-0.15, -0.1) is 0 Å². The summed E-state index contributed by atoms with van der Waals surface area (Å²) in [6.07, 6.45) is 5.90. The van der Waals surface area contributed by atoms with Gasteiger partial charge in [-0.25, -0.2) is 4.79 Å². The second-order valence-corrected chi connectivity index (χ2v) is 9.82. The number of amides is 2. The topological polar surface area (TPSA) is 109 Å². The minimum atomic E-state index is -1.000. The molecule has 2 aromatic rings. The highest BCUT2D eigenvalue weighted by Crippen LogP contribution is 2.17. The Balaban J connectivity index is 1.24. The molecule has 2 aliphatic rings. The van der Waals surface area contributed by atoms with Crippen LogP contribution in [0.3, 0.4) is 0 Å². The zero-order valence-electron chi connectivity index (χ0n) is 22.8. The Kier molecular flexibility index (Phi) is 10.9. The molecule has 9 nitrogen and oxygen atoms in total. The molecule has 0 radical (unpaired) electrons. The molecule has 2 aromatic carbocycles. The molecule has 1 aliphatic heterocycles. The Morgan fingerprint density at radius 2 is 1.80 bits per heavy atom. The molecule has 1 heterocycles. The van der Waals surface area contributed by atoms with E-state index in [0.29, 0.717) is 11.6 Å². The predicted molar refractivity (Wildman–Crippen MR) is 152 cm³/mol. The van der Waals surface area contributed by atoms with Crippen LogP contribution < -0.4 is 16.0 Å². The Morgan fingerprint density at radius 1 is 1.07 bits per heavy atom. The van der Waals surface area contributed by atoms with Gasteiger partial charge in [-0.3, -0.25) is 14.5 Å². The number of rotatable bonds is 11. The fourth-order valence-electron chi connectivity index (χ4n) is 4.10. The molecule has 0 aromatic heterocycles. The van der Waals surface area contributed by atoms with Crippen molar-refractivity contribution < 1.29 is 23.9 Å². The van der Waals surface area contributed by atoms with Gasteiger partial charge in [0.1, 0.15) is 6.04 Å². The molecular weight excluding hydrogens is 508 g/mol. The summed E-state index contributed by atoms with van der Waals surface area (Å²) in [5, 5.41) is 8.39. The maximum absolute atomic E-state index is 12.7. The molecule has 210 valence electrons. The Labute approximate surface area is 235 Å². The van der Waals surface area contributed by atoms with E-state index in [1.165, 1.54) is 12.7 Å². The third-order valence-corrected chi connectivity index (χ3v) is 6.64. The van der Waals surface area contributed by atoms with E-state index in [1.807, 2.05) is 6.08 Å². The van der Waals surface area contributed by atoms with Crippen molar-refractivity contribution in [1.29, 1.82) is 0 Å². The van der Waals surface area contributed by atoms with E-state index in [9.17, 15) is 14.4 Å². The smallest absolute Gasteiger partial charge is 0.330 e. The number of ether oxygens (including phenoxy) is 2. The standard InChI is InChI=1S/C31H36N4O5/c1-39-31(38)28(20-33-29(36)21-32-27-14-15-27)34-30(37)26-12-10-24(11-13-26)5-3-2-4-23-6-8-25(9-7-23)22-35-16-18-40-19-17-35/h2,4,6-13,27-28,32H,14-22H2,1H3,(H,33,36)(H,34,37)/t28-/m0/s1. The molecule has 3 N–H and O–H groups in total. The summed E-state index contributed by atoms with van der Waals surface area (Å²) in [5.41, 5.74) is 3.47. The van der Waals surface area contributed by atoms with Gasteiger partial charge in [-0.05, 0) is 60.4 Å². The first-order valence-electron chi connectivity index (χ1n) is 13.6. The molecule has 9 heteroatoms. The van der Waals surface area contributed by atoms with Crippen LogP contribution in [0.4, 0.5) is 0 Å². The van der Waals surface area contributed by atoms with Crippen LogP contribution in [0.2, 0.25) is 0 Å².